The first kappa shape index (κ1) is 22.1. The van der Waals surface area contributed by atoms with Gasteiger partial charge >= 0.3 is 0 Å². The Morgan fingerprint density at radius 3 is 2.47 bits per heavy atom. The number of piperidine rings is 2. The van der Waals surface area contributed by atoms with E-state index in [0.29, 0.717) is 25.9 Å². The number of hydrogen-bond acceptors (Lipinski definition) is 6. The summed E-state index contributed by atoms with van der Waals surface area (Å²) in [6.07, 6.45) is -0.470. The van der Waals surface area contributed by atoms with E-state index in [9.17, 15) is 28.0 Å². The number of primary amides is 1. The molecule has 1 aromatic rings. The van der Waals surface area contributed by atoms with Gasteiger partial charge in [0.1, 0.15) is 6.29 Å². The second kappa shape index (κ2) is 8.79. The Morgan fingerprint density at radius 2 is 1.81 bits per heavy atom. The normalized spacial score (nSPS) is 28.9. The predicted octanol–water partition coefficient (Wildman–Crippen LogP) is -0.818. The van der Waals surface area contributed by atoms with Crippen LogP contribution in [0.4, 0.5) is 14.5 Å². The van der Waals surface area contributed by atoms with E-state index in [1.807, 2.05) is 4.90 Å². The van der Waals surface area contributed by atoms with Crippen LogP contribution in [0.15, 0.2) is 18.2 Å². The standard InChI is InChI=1S/C20H24F2N6O4/c21-12-2-1-10(7-13(12)22)24-18(31)11-8-14(29)25-17-15(11)19(32)27-20(26-17)28-5-3-9(4-6-28)16(23)30/h1-2,7,9,11,15,17,20,26H,3-6,8H2,(H2,23,30)(H,24,31)(H,25,29)(H,27,32). The Morgan fingerprint density at radius 1 is 1.09 bits per heavy atom. The maximum absolute atomic E-state index is 13.5. The zero-order valence-corrected chi connectivity index (χ0v) is 17.1. The van der Waals surface area contributed by atoms with Crippen molar-refractivity contribution in [2.45, 2.75) is 31.7 Å². The van der Waals surface area contributed by atoms with Gasteiger partial charge in [0.2, 0.25) is 23.6 Å². The van der Waals surface area contributed by atoms with Crippen LogP contribution in [0.25, 0.3) is 0 Å². The molecule has 0 spiro atoms. The maximum Gasteiger partial charge on any atom is 0.229 e. The summed E-state index contributed by atoms with van der Waals surface area (Å²) in [5, 5.41) is 11.1. The predicted molar refractivity (Wildman–Crippen MR) is 107 cm³/mol. The minimum absolute atomic E-state index is 0.0239. The fraction of sp³-hybridized carbons (Fsp3) is 0.500. The van der Waals surface area contributed by atoms with Crippen LogP contribution in [0, 0.1) is 29.4 Å². The van der Waals surface area contributed by atoms with Crippen LogP contribution in [-0.2, 0) is 19.2 Å². The number of nitrogens with two attached hydrogens (primary N) is 1. The number of benzene rings is 1. The fourth-order valence-electron chi connectivity index (χ4n) is 4.51. The van der Waals surface area contributed by atoms with Crippen LogP contribution in [0.5, 0.6) is 0 Å². The molecule has 4 atom stereocenters. The van der Waals surface area contributed by atoms with E-state index in [1.165, 1.54) is 6.07 Å². The average Bonchev–Trinajstić information content (AvgIpc) is 2.75. The summed E-state index contributed by atoms with van der Waals surface area (Å²) in [6.45, 7) is 1.05. The van der Waals surface area contributed by atoms with Crippen LogP contribution in [-0.4, -0.2) is 54.1 Å². The van der Waals surface area contributed by atoms with Crippen molar-refractivity contribution in [2.75, 3.05) is 18.4 Å². The summed E-state index contributed by atoms with van der Waals surface area (Å²) in [7, 11) is 0. The van der Waals surface area contributed by atoms with Gasteiger partial charge in [-0.3, -0.25) is 29.4 Å². The van der Waals surface area contributed by atoms with Crippen molar-refractivity contribution in [2.24, 2.45) is 23.5 Å². The molecule has 0 radical (unpaired) electrons. The maximum atomic E-state index is 13.5. The lowest BCUT2D eigenvalue weighted by Gasteiger charge is -2.47. The van der Waals surface area contributed by atoms with Crippen LogP contribution >= 0.6 is 0 Å². The summed E-state index contributed by atoms with van der Waals surface area (Å²) < 4.78 is 26.6. The average molecular weight is 450 g/mol. The highest BCUT2D eigenvalue weighted by atomic mass is 19.2. The number of likely N-dealkylation sites (tertiary alicyclic amines) is 1. The van der Waals surface area contributed by atoms with Gasteiger partial charge < -0.3 is 21.7 Å². The van der Waals surface area contributed by atoms with Gasteiger partial charge in [-0.2, -0.15) is 0 Å². The number of nitrogens with one attached hydrogen (secondary N) is 4. The van der Waals surface area contributed by atoms with E-state index in [0.717, 1.165) is 12.1 Å². The molecule has 3 aliphatic rings. The first-order valence-electron chi connectivity index (χ1n) is 10.4. The van der Waals surface area contributed by atoms with Crippen molar-refractivity contribution < 1.29 is 28.0 Å². The minimum Gasteiger partial charge on any atom is -0.369 e. The Bertz CT molecular complexity index is 952. The molecular formula is C20H24F2N6O4. The molecule has 3 aliphatic heterocycles. The van der Waals surface area contributed by atoms with Gasteiger partial charge in [-0.05, 0) is 25.0 Å². The van der Waals surface area contributed by atoms with Crippen molar-refractivity contribution in [1.82, 2.24) is 20.9 Å². The first-order valence-corrected chi connectivity index (χ1v) is 10.4. The molecule has 10 nitrogen and oxygen atoms in total. The number of rotatable bonds is 4. The van der Waals surface area contributed by atoms with Crippen molar-refractivity contribution in [1.29, 1.82) is 0 Å². The second-order valence-corrected chi connectivity index (χ2v) is 8.29. The molecule has 3 fully saturated rings. The SMILES string of the molecule is NC(=O)C1CCN(C2NC(=O)C3C(NC(=O)CC3C(=O)Nc3ccc(F)c(F)c3)N2)CC1. The summed E-state index contributed by atoms with van der Waals surface area (Å²) in [4.78, 5) is 51.3. The highest BCUT2D eigenvalue weighted by molar-refractivity contribution is 6.00. The lowest BCUT2D eigenvalue weighted by atomic mass is 9.81. The van der Waals surface area contributed by atoms with Crippen molar-refractivity contribution in [3.8, 4) is 0 Å². The van der Waals surface area contributed by atoms with Crippen LogP contribution in [0.2, 0.25) is 0 Å². The molecule has 0 bridgehead atoms. The van der Waals surface area contributed by atoms with E-state index < -0.39 is 53.6 Å². The molecule has 1 aromatic carbocycles. The zero-order chi connectivity index (χ0) is 23.0. The van der Waals surface area contributed by atoms with E-state index in [2.05, 4.69) is 21.3 Å². The number of nitrogens with zero attached hydrogens (tertiary/aromatic N) is 1. The molecule has 4 unspecified atom stereocenters. The zero-order valence-electron chi connectivity index (χ0n) is 17.1. The molecule has 6 N–H and O–H groups in total. The highest BCUT2D eigenvalue weighted by Crippen LogP contribution is 2.29. The number of fused-ring (bicyclic) bond motifs is 1. The summed E-state index contributed by atoms with van der Waals surface area (Å²) in [6, 6.07) is 2.91. The van der Waals surface area contributed by atoms with Gasteiger partial charge in [-0.25, -0.2) is 8.78 Å². The van der Waals surface area contributed by atoms with E-state index in [4.69, 9.17) is 5.73 Å². The van der Waals surface area contributed by atoms with E-state index >= 15 is 0 Å². The van der Waals surface area contributed by atoms with Gasteiger partial charge in [0.25, 0.3) is 0 Å². The van der Waals surface area contributed by atoms with Crippen molar-refractivity contribution in [3.05, 3.63) is 29.8 Å². The number of amides is 4. The van der Waals surface area contributed by atoms with Crippen LogP contribution in [0.1, 0.15) is 19.3 Å². The third kappa shape index (κ3) is 4.41. The van der Waals surface area contributed by atoms with Gasteiger partial charge in [0.05, 0.1) is 18.0 Å². The molecule has 3 saturated heterocycles. The Balaban J connectivity index is 1.44. The molecular weight excluding hydrogens is 426 g/mol. The second-order valence-electron chi connectivity index (χ2n) is 8.29. The largest absolute Gasteiger partial charge is 0.369 e. The monoisotopic (exact) mass is 450 g/mol. The van der Waals surface area contributed by atoms with E-state index in [-0.39, 0.29) is 23.9 Å². The first-order chi connectivity index (χ1) is 15.2. The molecule has 32 heavy (non-hydrogen) atoms. The molecule has 3 heterocycles. The Labute approximate surface area is 182 Å². The number of halogens is 2. The van der Waals surface area contributed by atoms with Crippen molar-refractivity contribution in [3.63, 3.8) is 0 Å². The van der Waals surface area contributed by atoms with Gasteiger partial charge in [0.15, 0.2) is 11.6 Å². The van der Waals surface area contributed by atoms with Gasteiger partial charge in [-0.15, -0.1) is 0 Å². The van der Waals surface area contributed by atoms with Crippen molar-refractivity contribution >= 4 is 29.3 Å². The summed E-state index contributed by atoms with van der Waals surface area (Å²) in [5.74, 6) is -6.10. The lowest BCUT2D eigenvalue weighted by molar-refractivity contribution is -0.148. The van der Waals surface area contributed by atoms with Gasteiger partial charge in [-0.1, -0.05) is 0 Å². The number of anilines is 1. The van der Waals surface area contributed by atoms with E-state index in [1.54, 1.807) is 0 Å². The summed E-state index contributed by atoms with van der Waals surface area (Å²) >= 11 is 0. The number of carbonyl (C=O) groups is 4. The quantitative estimate of drug-likeness (QED) is 0.405. The fourth-order valence-corrected chi connectivity index (χ4v) is 4.51. The topological polar surface area (TPSA) is 146 Å². The highest BCUT2D eigenvalue weighted by Gasteiger charge is 2.49. The smallest absolute Gasteiger partial charge is 0.229 e. The number of hydrogen-bond donors (Lipinski definition) is 5. The van der Waals surface area contributed by atoms with Crippen LogP contribution < -0.4 is 27.0 Å². The lowest BCUT2D eigenvalue weighted by Crippen LogP contribution is -2.74. The third-order valence-corrected chi connectivity index (χ3v) is 6.25. The Hall–Kier alpha value is -3.12. The minimum atomic E-state index is -1.12. The summed E-state index contributed by atoms with van der Waals surface area (Å²) in [5.41, 5.74) is 5.39. The van der Waals surface area contributed by atoms with Crippen LogP contribution in [0.3, 0.4) is 0 Å². The molecule has 0 aromatic heterocycles. The molecule has 4 rings (SSSR count). The Kier molecular flexibility index (Phi) is 6.07. The molecule has 12 heteroatoms. The molecule has 0 aliphatic carbocycles. The number of carbonyl (C=O) groups excluding carboxylic acids is 4. The molecule has 0 saturated carbocycles. The molecule has 172 valence electrons. The third-order valence-electron chi connectivity index (χ3n) is 6.25. The molecule has 4 amide bonds. The van der Waals surface area contributed by atoms with Gasteiger partial charge in [0, 0.05) is 37.2 Å².